The molecule has 1 saturated heterocycles. The number of ether oxygens (including phenoxy) is 1. The average Bonchev–Trinajstić information content (AvgIpc) is 1.70. The molecule has 0 bridgehead atoms. The third-order valence-electron chi connectivity index (χ3n) is 16.5. The van der Waals surface area contributed by atoms with Crippen LogP contribution in [0.25, 0.3) is 0 Å². The lowest BCUT2D eigenvalue weighted by molar-refractivity contribution is -0.142. The lowest BCUT2D eigenvalue weighted by atomic mass is 10.0. The van der Waals surface area contributed by atoms with Gasteiger partial charge in [-0.25, -0.2) is 4.79 Å². The summed E-state index contributed by atoms with van der Waals surface area (Å²) in [5, 5.41) is 198. The zero-order valence-electron chi connectivity index (χ0n) is 61.5. The van der Waals surface area contributed by atoms with Gasteiger partial charge in [0.15, 0.2) is 0 Å². The quantitative estimate of drug-likeness (QED) is 0.0116. The van der Waals surface area contributed by atoms with Crippen molar-refractivity contribution in [2.24, 2.45) is 5.73 Å². The van der Waals surface area contributed by atoms with Crippen LogP contribution in [-0.4, -0.2) is 389 Å². The number of carboxylic acid groups (broad SMARTS) is 3. The fraction of sp³-hybridized carbons (Fsp3) is 0.746. The summed E-state index contributed by atoms with van der Waals surface area (Å²) >= 11 is 0.551. The molecule has 1 fully saturated rings. The summed E-state index contributed by atoms with van der Waals surface area (Å²) in [6, 6.07) is -12.3. The van der Waals surface area contributed by atoms with Gasteiger partial charge in [0.25, 0.3) is 6.47 Å². The molecule has 50 heteroatoms. The second-order valence-electron chi connectivity index (χ2n) is 26.2. The predicted octanol–water partition coefficient (Wildman–Crippen LogP) is -14.2. The number of thioether (sulfide) groups is 1. The number of hydrogen-bond acceptors (Lipinski definition) is 36. The molecule has 1 heterocycles. The van der Waals surface area contributed by atoms with Crippen molar-refractivity contribution in [2.45, 2.75) is 217 Å². The highest BCUT2D eigenvalue weighted by Crippen LogP contribution is 2.36. The van der Waals surface area contributed by atoms with E-state index in [1.54, 1.807) is 0 Å². The van der Waals surface area contributed by atoms with Crippen LogP contribution in [0.15, 0.2) is 0 Å². The van der Waals surface area contributed by atoms with Crippen LogP contribution < -0.4 is 58.9 Å². The van der Waals surface area contributed by atoms with E-state index in [-0.39, 0.29) is 32.0 Å². The van der Waals surface area contributed by atoms with Gasteiger partial charge < -0.3 is 156 Å². The Bertz CT molecular complexity index is 3120. The number of carboxylic acids is 3. The van der Waals surface area contributed by atoms with E-state index in [0.717, 1.165) is 4.90 Å². The smallest absolute Gasteiger partial charge is 0.327 e. The highest BCUT2D eigenvalue weighted by Gasteiger charge is 2.42. The molecule has 0 aromatic rings. The van der Waals surface area contributed by atoms with Crippen LogP contribution in [0.2, 0.25) is 0 Å². The van der Waals surface area contributed by atoms with Crippen molar-refractivity contribution in [3.8, 4) is 0 Å². The third-order valence-corrected chi connectivity index (χ3v) is 21.0. The normalized spacial score (nSPS) is 17.8. The number of aliphatic hydroxyl groups is 15. The monoisotopic (exact) mass is 1690 g/mol. The van der Waals surface area contributed by atoms with E-state index in [4.69, 9.17) is 25.8 Å². The van der Waals surface area contributed by atoms with Crippen LogP contribution >= 0.6 is 33.3 Å². The summed E-state index contributed by atoms with van der Waals surface area (Å²) in [6.45, 7) is -2.05. The maximum absolute atomic E-state index is 14.5. The molecular weight excluding hydrogens is 1580 g/mol. The molecule has 1 aliphatic heterocycles. The highest BCUT2D eigenvalue weighted by atomic mass is 33.1. The SMILES string of the molecule is CC(C)(COC=O)SSCCC(=O)NCCNC(=O)CCN1C(=O)CC(SC[C@@H](NC(=O)[C@H](CCC(=O)NC[C@H](O)[C@@H](O)[C@H](O)[C@H](O)CO)NC(=O)[C@@H](CCC(=O)O)NC(=O)[C@H](CCC(=O)NC[C@H](O)[C@@H](O)[C@H](O)[C@H](O)CO)NC(=O)[C@@H](CCC(=O)O)NC(=O)[C@@H](N)CCC(=O)NC[C@H](O)[C@@H](O)[C@H](O)[C@H](O)CO)C(=O)O)C1=O. The lowest BCUT2D eigenvalue weighted by Crippen LogP contribution is -2.59. The van der Waals surface area contributed by atoms with Gasteiger partial charge in [0.05, 0.1) is 54.2 Å². The van der Waals surface area contributed by atoms with Crippen molar-refractivity contribution < 1.29 is 173 Å². The van der Waals surface area contributed by atoms with Crippen molar-refractivity contribution in [1.29, 1.82) is 0 Å². The van der Waals surface area contributed by atoms with Gasteiger partial charge in [-0.3, -0.25) is 76.8 Å². The molecule has 12 amide bonds. The van der Waals surface area contributed by atoms with Crippen LogP contribution in [0.5, 0.6) is 0 Å². The second-order valence-corrected chi connectivity index (χ2v) is 30.6. The minimum atomic E-state index is -2.21. The Morgan fingerprint density at radius 3 is 1.18 bits per heavy atom. The van der Waals surface area contributed by atoms with Crippen LogP contribution in [0, 0.1) is 0 Å². The fourth-order valence-electron chi connectivity index (χ4n) is 9.71. The Hall–Kier alpha value is -7.87. The molecule has 30 N–H and O–H groups in total. The topological polar surface area (TPSA) is 796 Å². The van der Waals surface area contributed by atoms with E-state index in [9.17, 15) is 153 Å². The van der Waals surface area contributed by atoms with E-state index in [1.807, 2.05) is 13.8 Å². The summed E-state index contributed by atoms with van der Waals surface area (Å²) in [4.78, 5) is 210. The first-order chi connectivity index (χ1) is 52.9. The second kappa shape index (κ2) is 54.1. The summed E-state index contributed by atoms with van der Waals surface area (Å²) in [6.07, 6.45) is -34.1. The van der Waals surface area contributed by atoms with Crippen molar-refractivity contribution in [3.63, 3.8) is 0 Å². The van der Waals surface area contributed by atoms with E-state index < -0.39 is 331 Å². The number of amides is 12. The molecule has 113 heavy (non-hydrogen) atoms. The molecule has 1 aliphatic rings. The average molecular weight is 1690 g/mol. The fourth-order valence-corrected chi connectivity index (χ4v) is 13.3. The van der Waals surface area contributed by atoms with Crippen molar-refractivity contribution in [2.75, 3.05) is 77.2 Å². The molecule has 19 atom stereocenters. The van der Waals surface area contributed by atoms with E-state index >= 15 is 0 Å². The van der Waals surface area contributed by atoms with Gasteiger partial charge in [0.2, 0.25) is 70.9 Å². The van der Waals surface area contributed by atoms with Crippen LogP contribution in [0.4, 0.5) is 0 Å². The molecule has 0 radical (unpaired) electrons. The largest absolute Gasteiger partial charge is 0.481 e. The molecular formula is C63H106N12O35S3. The first-order valence-electron chi connectivity index (χ1n) is 35.0. The molecule has 1 rings (SSSR count). The predicted molar refractivity (Wildman–Crippen MR) is 388 cm³/mol. The third kappa shape index (κ3) is 40.3. The van der Waals surface area contributed by atoms with E-state index in [2.05, 4.69) is 53.2 Å². The summed E-state index contributed by atoms with van der Waals surface area (Å²) < 4.78 is 4.37. The number of carbonyl (C=O) groups is 16. The van der Waals surface area contributed by atoms with Crippen LogP contribution in [0.1, 0.15) is 97.3 Å². The number of aliphatic hydroxyl groups excluding tert-OH is 15. The Morgan fingerprint density at radius 2 is 0.814 bits per heavy atom. The number of hydrogen-bond donors (Lipinski definition) is 29. The number of nitrogens with one attached hydrogen (secondary N) is 10. The van der Waals surface area contributed by atoms with Gasteiger partial charge in [0.1, 0.15) is 91.8 Å². The standard InChI is InChI=1S/C63H106N12O35S3/c1-63(2,27-110-28-79)113-112-18-14-46(90)66-16-15-65-45(89)13-17-75-47(91)19-41(61(75)107)111-26-34(62(108)109)74-60(106)31(5-10-44(88)69-22-37(82)52(98)55(101)40(85)25-78)72-59(105)33(7-12-49(94)95)73-57(103)30(4-9-43(87)68-21-36(81)51(97)54(100)39(84)24-77)71-58(104)32(6-11-48(92)93)70-56(102)29(64)3-8-42(86)67-20-35(80)50(96)53(99)38(83)23-76/h28-41,50-55,76-78,80-85,96-101H,3-27,64H2,1-2H3,(H,65,89)(H,66,90)(H,67,86)(H,68,87)(H,69,88)(H,70,102)(H,71,104)(H,72,105)(H,73,103)(H,74,106)(H,92,93)(H,94,95)(H,108,109)/t29-,30-,31-,32+,33+,34+,35-,36-,37-,38+,39+,40+,41?,50+,51+,52+,53+,54+,55+/m0/s1. The van der Waals surface area contributed by atoms with E-state index in [1.165, 1.54) is 21.6 Å². The van der Waals surface area contributed by atoms with Crippen LogP contribution in [0.3, 0.4) is 0 Å². The molecule has 646 valence electrons. The van der Waals surface area contributed by atoms with Gasteiger partial charge in [-0.15, -0.1) is 11.8 Å². The molecule has 47 nitrogen and oxygen atoms in total. The van der Waals surface area contributed by atoms with Gasteiger partial charge in [-0.1, -0.05) is 21.6 Å². The minimum absolute atomic E-state index is 0.0158. The maximum atomic E-state index is 14.5. The zero-order valence-corrected chi connectivity index (χ0v) is 63.9. The molecule has 0 spiro atoms. The number of carbonyl (C=O) groups excluding carboxylic acids is 13. The minimum Gasteiger partial charge on any atom is -0.481 e. The summed E-state index contributed by atoms with van der Waals surface area (Å²) in [7, 11) is 2.80. The van der Waals surface area contributed by atoms with Crippen molar-refractivity contribution >= 4 is 129 Å². The Kier molecular flexibility index (Phi) is 49.3. The Balaban J connectivity index is 3.66. The van der Waals surface area contributed by atoms with E-state index in [0.29, 0.717) is 24.0 Å². The highest BCUT2D eigenvalue weighted by molar-refractivity contribution is 8.77. The molecule has 0 saturated carbocycles. The van der Waals surface area contributed by atoms with Crippen molar-refractivity contribution in [3.05, 3.63) is 0 Å². The maximum Gasteiger partial charge on any atom is 0.327 e. The first kappa shape index (κ1) is 103. The number of nitrogens with two attached hydrogens (primary N) is 1. The number of rotatable bonds is 61. The van der Waals surface area contributed by atoms with Gasteiger partial charge >= 0.3 is 17.9 Å². The Labute approximate surface area is 657 Å². The number of nitrogens with zero attached hydrogens (tertiary/aromatic N) is 1. The molecule has 0 aliphatic carbocycles. The lowest BCUT2D eigenvalue weighted by Gasteiger charge is -2.27. The number of imide groups is 1. The van der Waals surface area contributed by atoms with Gasteiger partial charge in [-0.2, -0.15) is 0 Å². The first-order valence-corrected chi connectivity index (χ1v) is 38.4. The summed E-state index contributed by atoms with van der Waals surface area (Å²) in [5.74, 6) is -18.4. The molecule has 0 aromatic heterocycles. The number of aliphatic carboxylic acids is 3. The zero-order chi connectivity index (χ0) is 86.0. The number of likely N-dealkylation sites (tertiary alicyclic amines) is 1. The molecule has 0 aromatic carbocycles. The summed E-state index contributed by atoms with van der Waals surface area (Å²) in [5.41, 5.74) is 5.99. The molecule has 1 unspecified atom stereocenters. The van der Waals surface area contributed by atoms with Crippen LogP contribution in [-0.2, 0) is 81.4 Å². The van der Waals surface area contributed by atoms with Crippen molar-refractivity contribution in [1.82, 2.24) is 58.1 Å². The Morgan fingerprint density at radius 1 is 0.478 bits per heavy atom. The van der Waals surface area contributed by atoms with Gasteiger partial charge in [0, 0.05) is 102 Å². The van der Waals surface area contributed by atoms with Gasteiger partial charge in [-0.05, 0) is 46.0 Å².